The van der Waals surface area contributed by atoms with Crippen LogP contribution in [-0.4, -0.2) is 35.7 Å². The first kappa shape index (κ1) is 16.7. The summed E-state index contributed by atoms with van der Waals surface area (Å²) in [6.07, 6.45) is 0. The van der Waals surface area contributed by atoms with E-state index in [0.29, 0.717) is 29.0 Å². The number of rotatable bonds is 1. The van der Waals surface area contributed by atoms with Crippen molar-refractivity contribution in [2.45, 2.75) is 6.54 Å². The summed E-state index contributed by atoms with van der Waals surface area (Å²) in [5.41, 5.74) is 2.95. The average Bonchev–Trinajstić information content (AvgIpc) is 3.11. The summed E-state index contributed by atoms with van der Waals surface area (Å²) < 4.78 is 16.5. The number of piperazine rings is 1. The minimum atomic E-state index is -0.361. The third-order valence-electron chi connectivity index (χ3n) is 6.02. The molecular formula is C23H19FN4O. The Bertz CT molecular complexity index is 1350. The molecule has 0 unspecified atom stereocenters. The van der Waals surface area contributed by atoms with Crippen LogP contribution in [0.25, 0.3) is 33.1 Å². The van der Waals surface area contributed by atoms with Crippen molar-refractivity contribution in [2.24, 2.45) is 0 Å². The van der Waals surface area contributed by atoms with Gasteiger partial charge in [-0.3, -0.25) is 9.36 Å². The van der Waals surface area contributed by atoms with Crippen molar-refractivity contribution < 1.29 is 4.39 Å². The lowest BCUT2D eigenvalue weighted by Gasteiger charge is -2.29. The van der Waals surface area contributed by atoms with E-state index in [1.54, 1.807) is 10.6 Å². The Morgan fingerprint density at radius 3 is 2.55 bits per heavy atom. The molecule has 29 heavy (non-hydrogen) atoms. The minimum absolute atomic E-state index is 0.184. The predicted octanol–water partition coefficient (Wildman–Crippen LogP) is 3.13. The van der Waals surface area contributed by atoms with Crippen LogP contribution in [0.4, 0.5) is 10.1 Å². The molecule has 3 heterocycles. The maximum absolute atomic E-state index is 14.9. The van der Waals surface area contributed by atoms with Gasteiger partial charge in [0.05, 0.1) is 23.1 Å². The smallest absolute Gasteiger partial charge is 0.262 e. The molecule has 2 aliphatic heterocycles. The normalized spacial score (nSPS) is 15.7. The van der Waals surface area contributed by atoms with Gasteiger partial charge >= 0.3 is 0 Å². The van der Waals surface area contributed by atoms with Crippen LogP contribution < -0.4 is 15.8 Å². The fraction of sp³-hybridized carbons (Fsp3) is 0.217. The van der Waals surface area contributed by atoms with Gasteiger partial charge in [-0.1, -0.05) is 24.3 Å². The van der Waals surface area contributed by atoms with E-state index >= 15 is 0 Å². The van der Waals surface area contributed by atoms with Gasteiger partial charge in [0, 0.05) is 31.7 Å². The van der Waals surface area contributed by atoms with Crippen LogP contribution >= 0.6 is 0 Å². The lowest BCUT2D eigenvalue weighted by atomic mass is 10.0. The van der Waals surface area contributed by atoms with E-state index in [4.69, 9.17) is 4.98 Å². The lowest BCUT2D eigenvalue weighted by molar-refractivity contribution is 0.567. The number of aromatic nitrogens is 2. The minimum Gasteiger partial charge on any atom is -0.367 e. The molecule has 0 aliphatic carbocycles. The van der Waals surface area contributed by atoms with Gasteiger partial charge in [0.1, 0.15) is 11.6 Å². The molecular weight excluding hydrogens is 367 g/mol. The SMILES string of the molecule is O=c1c2cc(F)c(N3CCNCC3)cc2nc2n1Cc1cc3ccccc3cc1-2. The molecule has 2 aliphatic rings. The molecule has 1 aromatic heterocycles. The number of halogens is 1. The lowest BCUT2D eigenvalue weighted by Crippen LogP contribution is -2.43. The Labute approximate surface area is 166 Å². The Balaban J connectivity index is 1.57. The highest BCUT2D eigenvalue weighted by molar-refractivity contribution is 5.91. The highest BCUT2D eigenvalue weighted by Gasteiger charge is 2.24. The average molecular weight is 386 g/mol. The number of hydrogen-bond acceptors (Lipinski definition) is 4. The van der Waals surface area contributed by atoms with E-state index in [1.165, 1.54) is 6.07 Å². The van der Waals surface area contributed by atoms with Gasteiger partial charge in [0.15, 0.2) is 0 Å². The topological polar surface area (TPSA) is 50.2 Å². The van der Waals surface area contributed by atoms with Crippen molar-refractivity contribution in [3.8, 4) is 11.4 Å². The Morgan fingerprint density at radius 2 is 1.76 bits per heavy atom. The van der Waals surface area contributed by atoms with Crippen molar-refractivity contribution in [2.75, 3.05) is 31.1 Å². The van der Waals surface area contributed by atoms with E-state index < -0.39 is 0 Å². The number of anilines is 1. The monoisotopic (exact) mass is 386 g/mol. The van der Waals surface area contributed by atoms with Crippen molar-refractivity contribution in [3.63, 3.8) is 0 Å². The number of fused-ring (bicyclic) bond motifs is 5. The maximum atomic E-state index is 14.9. The van der Waals surface area contributed by atoms with Gasteiger partial charge < -0.3 is 10.2 Å². The zero-order chi connectivity index (χ0) is 19.5. The van der Waals surface area contributed by atoms with Crippen molar-refractivity contribution in [1.29, 1.82) is 0 Å². The summed E-state index contributed by atoms with van der Waals surface area (Å²) in [5, 5.41) is 5.87. The molecule has 5 nitrogen and oxygen atoms in total. The summed E-state index contributed by atoms with van der Waals surface area (Å²) in [4.78, 5) is 20.0. The summed E-state index contributed by atoms with van der Waals surface area (Å²) in [5.74, 6) is 0.307. The van der Waals surface area contributed by atoms with E-state index in [0.717, 1.165) is 48.1 Å². The van der Waals surface area contributed by atoms with Gasteiger partial charge in [-0.25, -0.2) is 9.37 Å². The zero-order valence-corrected chi connectivity index (χ0v) is 15.8. The summed E-state index contributed by atoms with van der Waals surface area (Å²) in [6, 6.07) is 15.5. The summed E-state index contributed by atoms with van der Waals surface area (Å²) in [6.45, 7) is 3.58. The first-order chi connectivity index (χ1) is 14.2. The second-order valence-electron chi connectivity index (χ2n) is 7.74. The molecule has 1 N–H and O–H groups in total. The van der Waals surface area contributed by atoms with Crippen LogP contribution in [0.1, 0.15) is 5.56 Å². The maximum Gasteiger partial charge on any atom is 0.262 e. The Morgan fingerprint density at radius 1 is 1.00 bits per heavy atom. The van der Waals surface area contributed by atoms with Gasteiger partial charge in [-0.2, -0.15) is 0 Å². The second kappa shape index (κ2) is 6.12. The molecule has 6 heteroatoms. The highest BCUT2D eigenvalue weighted by Crippen LogP contribution is 2.34. The first-order valence-electron chi connectivity index (χ1n) is 9.91. The molecule has 144 valence electrons. The van der Waals surface area contributed by atoms with Gasteiger partial charge in [-0.15, -0.1) is 0 Å². The fourth-order valence-electron chi connectivity index (χ4n) is 4.53. The standard InChI is InChI=1S/C23H19FN4O/c24-19-11-18-20(12-21(19)27-7-5-25-6-8-27)26-22-17-10-15-4-2-1-3-14(15)9-16(17)13-28(22)23(18)29/h1-4,9-12,25H,5-8,13H2. The molecule has 0 spiro atoms. The van der Waals surface area contributed by atoms with Crippen LogP contribution in [0.5, 0.6) is 0 Å². The Kier molecular flexibility index (Phi) is 3.52. The number of nitrogens with one attached hydrogen (secondary N) is 1. The molecule has 0 bridgehead atoms. The van der Waals surface area contributed by atoms with E-state index in [9.17, 15) is 9.18 Å². The van der Waals surface area contributed by atoms with E-state index in [-0.39, 0.29) is 11.4 Å². The molecule has 0 amide bonds. The number of hydrogen-bond donors (Lipinski definition) is 1. The zero-order valence-electron chi connectivity index (χ0n) is 15.8. The molecule has 1 fully saturated rings. The second-order valence-corrected chi connectivity index (χ2v) is 7.74. The fourth-order valence-corrected chi connectivity index (χ4v) is 4.53. The van der Waals surface area contributed by atoms with Crippen molar-refractivity contribution >= 4 is 27.4 Å². The molecule has 0 radical (unpaired) electrons. The molecule has 6 rings (SSSR count). The number of nitrogens with zero attached hydrogens (tertiary/aromatic N) is 3. The van der Waals surface area contributed by atoms with Gasteiger partial charge in [0.25, 0.3) is 5.56 Å². The summed E-state index contributed by atoms with van der Waals surface area (Å²) >= 11 is 0. The quantitative estimate of drug-likeness (QED) is 0.481. The third kappa shape index (κ3) is 2.49. The predicted molar refractivity (Wildman–Crippen MR) is 113 cm³/mol. The van der Waals surface area contributed by atoms with Crippen LogP contribution in [0.15, 0.2) is 53.3 Å². The molecule has 1 saturated heterocycles. The highest BCUT2D eigenvalue weighted by atomic mass is 19.1. The van der Waals surface area contributed by atoms with Crippen LogP contribution in [0, 0.1) is 5.82 Å². The van der Waals surface area contributed by atoms with E-state index in [1.807, 2.05) is 17.0 Å². The first-order valence-corrected chi connectivity index (χ1v) is 9.91. The third-order valence-corrected chi connectivity index (χ3v) is 6.02. The van der Waals surface area contributed by atoms with Crippen LogP contribution in [0.3, 0.4) is 0 Å². The van der Waals surface area contributed by atoms with E-state index in [2.05, 4.69) is 29.6 Å². The van der Waals surface area contributed by atoms with Crippen molar-refractivity contribution in [1.82, 2.24) is 14.9 Å². The van der Waals surface area contributed by atoms with Gasteiger partial charge in [0.2, 0.25) is 0 Å². The van der Waals surface area contributed by atoms with Crippen molar-refractivity contribution in [3.05, 3.63) is 70.3 Å². The largest absolute Gasteiger partial charge is 0.367 e. The number of benzene rings is 3. The summed E-state index contributed by atoms with van der Waals surface area (Å²) in [7, 11) is 0. The molecule has 4 aromatic rings. The van der Waals surface area contributed by atoms with Crippen LogP contribution in [0.2, 0.25) is 0 Å². The van der Waals surface area contributed by atoms with Gasteiger partial charge in [-0.05, 0) is 40.6 Å². The molecule has 3 aromatic carbocycles. The molecule has 0 atom stereocenters. The Hall–Kier alpha value is -3.25. The van der Waals surface area contributed by atoms with Crippen LogP contribution in [-0.2, 0) is 6.54 Å². The molecule has 0 saturated carbocycles.